The van der Waals surface area contributed by atoms with Crippen LogP contribution < -0.4 is 0 Å². The van der Waals surface area contributed by atoms with Crippen LogP contribution >= 0.6 is 0 Å². The maximum Gasteiger partial charge on any atom is 0.115 e. The number of phenols is 1. The summed E-state index contributed by atoms with van der Waals surface area (Å²) in [5.41, 5.74) is 3.28. The van der Waals surface area contributed by atoms with Gasteiger partial charge in [0, 0.05) is 24.6 Å². The number of benzene rings is 1. The van der Waals surface area contributed by atoms with E-state index in [1.165, 1.54) is 49.8 Å². The molecular formula is C20H29NO2. The number of phenolic OH excluding ortho intramolecular Hbond substituents is 1. The number of ether oxygens (including phenoxy) is 1. The molecule has 0 unspecified atom stereocenters. The first kappa shape index (κ1) is 15.5. The second-order valence-electron chi connectivity index (χ2n) is 7.60. The van der Waals surface area contributed by atoms with Crippen LogP contribution in [-0.4, -0.2) is 42.4 Å². The Hall–Kier alpha value is -1.06. The van der Waals surface area contributed by atoms with Crippen molar-refractivity contribution in [2.75, 3.05) is 26.3 Å². The summed E-state index contributed by atoms with van der Waals surface area (Å²) in [4.78, 5) is 2.69. The predicted molar refractivity (Wildman–Crippen MR) is 91.9 cm³/mol. The van der Waals surface area contributed by atoms with Gasteiger partial charge in [0.2, 0.25) is 0 Å². The lowest BCUT2D eigenvalue weighted by atomic mass is 9.52. The first-order chi connectivity index (χ1) is 11.2. The van der Waals surface area contributed by atoms with Crippen molar-refractivity contribution in [2.24, 2.45) is 5.92 Å². The minimum absolute atomic E-state index is 0.331. The third-order valence-electron chi connectivity index (χ3n) is 6.66. The average Bonchev–Trinajstić information content (AvgIpc) is 2.57. The van der Waals surface area contributed by atoms with Crippen molar-refractivity contribution < 1.29 is 9.84 Å². The molecule has 2 bridgehead atoms. The molecule has 126 valence electrons. The normalized spacial score (nSPS) is 33.1. The molecule has 1 heterocycles. The molecule has 1 saturated carbocycles. The van der Waals surface area contributed by atoms with E-state index in [4.69, 9.17) is 4.74 Å². The molecule has 2 fully saturated rings. The molecule has 1 N–H and O–H groups in total. The molecule has 2 aliphatic carbocycles. The van der Waals surface area contributed by atoms with Gasteiger partial charge in [0.15, 0.2) is 0 Å². The number of rotatable bonds is 4. The van der Waals surface area contributed by atoms with Crippen LogP contribution in [0.15, 0.2) is 18.2 Å². The molecule has 1 saturated heterocycles. The number of likely N-dealkylation sites (tertiary alicyclic amines) is 1. The van der Waals surface area contributed by atoms with E-state index >= 15 is 0 Å². The van der Waals surface area contributed by atoms with Crippen LogP contribution in [-0.2, 0) is 16.6 Å². The Morgan fingerprint density at radius 3 is 3.09 bits per heavy atom. The molecule has 0 amide bonds. The van der Waals surface area contributed by atoms with Crippen LogP contribution in [0.4, 0.5) is 0 Å². The quantitative estimate of drug-likeness (QED) is 0.863. The van der Waals surface area contributed by atoms with E-state index in [1.807, 2.05) is 6.07 Å². The van der Waals surface area contributed by atoms with Gasteiger partial charge in [-0.2, -0.15) is 0 Å². The summed E-state index contributed by atoms with van der Waals surface area (Å²) in [6, 6.07) is 6.80. The molecule has 3 nitrogen and oxygen atoms in total. The van der Waals surface area contributed by atoms with Crippen LogP contribution in [0.2, 0.25) is 0 Å². The predicted octanol–water partition coefficient (Wildman–Crippen LogP) is 3.49. The van der Waals surface area contributed by atoms with Crippen molar-refractivity contribution >= 4 is 0 Å². The van der Waals surface area contributed by atoms with E-state index in [2.05, 4.69) is 24.0 Å². The molecular weight excluding hydrogens is 286 g/mol. The molecule has 23 heavy (non-hydrogen) atoms. The molecule has 3 atom stereocenters. The zero-order valence-corrected chi connectivity index (χ0v) is 14.3. The lowest BCUT2D eigenvalue weighted by Gasteiger charge is -2.59. The summed E-state index contributed by atoms with van der Waals surface area (Å²) in [5.74, 6) is 1.21. The molecule has 1 aliphatic heterocycles. The summed E-state index contributed by atoms with van der Waals surface area (Å²) >= 11 is 0. The molecule has 3 aliphatic rings. The zero-order valence-electron chi connectivity index (χ0n) is 14.3. The van der Waals surface area contributed by atoms with Gasteiger partial charge in [-0.05, 0) is 68.3 Å². The third-order valence-corrected chi connectivity index (χ3v) is 6.66. The zero-order chi connectivity index (χ0) is 15.9. The van der Waals surface area contributed by atoms with Crippen molar-refractivity contribution in [2.45, 2.75) is 56.9 Å². The Kier molecular flexibility index (Phi) is 4.10. The van der Waals surface area contributed by atoms with Crippen molar-refractivity contribution in [3.05, 3.63) is 29.3 Å². The number of nitrogens with zero attached hydrogens (tertiary/aromatic N) is 1. The Morgan fingerprint density at radius 2 is 2.22 bits per heavy atom. The monoisotopic (exact) mass is 315 g/mol. The van der Waals surface area contributed by atoms with E-state index in [0.717, 1.165) is 32.1 Å². The van der Waals surface area contributed by atoms with E-state index < -0.39 is 0 Å². The van der Waals surface area contributed by atoms with E-state index in [9.17, 15) is 5.11 Å². The highest BCUT2D eigenvalue weighted by Crippen LogP contribution is 2.56. The van der Waals surface area contributed by atoms with Gasteiger partial charge in [-0.25, -0.2) is 0 Å². The third kappa shape index (κ3) is 2.49. The molecule has 3 heteroatoms. The molecule has 0 spiro atoms. The van der Waals surface area contributed by atoms with Crippen molar-refractivity contribution in [3.63, 3.8) is 0 Å². The number of hydrogen-bond acceptors (Lipinski definition) is 3. The summed E-state index contributed by atoms with van der Waals surface area (Å²) in [5, 5.41) is 10.0. The van der Waals surface area contributed by atoms with Gasteiger partial charge >= 0.3 is 0 Å². The van der Waals surface area contributed by atoms with Crippen molar-refractivity contribution in [1.82, 2.24) is 4.90 Å². The highest BCUT2D eigenvalue weighted by Gasteiger charge is 2.53. The largest absolute Gasteiger partial charge is 0.508 e. The number of fused-ring (bicyclic) bond motifs is 1. The maximum atomic E-state index is 10.0. The second-order valence-corrected chi connectivity index (χ2v) is 7.60. The SMILES string of the molecule is CCOCCN1CC[C@]23CCCC[C@H]2[C@H]1Cc1ccc(O)cc13. The van der Waals surface area contributed by atoms with Crippen LogP contribution in [0, 0.1) is 5.92 Å². The lowest BCUT2D eigenvalue weighted by molar-refractivity contribution is -0.0235. The minimum Gasteiger partial charge on any atom is -0.508 e. The van der Waals surface area contributed by atoms with Crippen LogP contribution in [0.25, 0.3) is 0 Å². The number of piperidine rings is 1. The lowest BCUT2D eigenvalue weighted by Crippen LogP contribution is -2.61. The molecule has 0 aromatic heterocycles. The summed E-state index contributed by atoms with van der Waals surface area (Å²) in [7, 11) is 0. The Balaban J connectivity index is 1.68. The second kappa shape index (κ2) is 6.10. The van der Waals surface area contributed by atoms with Crippen molar-refractivity contribution in [3.8, 4) is 5.75 Å². The fraction of sp³-hybridized carbons (Fsp3) is 0.700. The van der Waals surface area contributed by atoms with Gasteiger partial charge in [0.05, 0.1) is 6.61 Å². The topological polar surface area (TPSA) is 32.7 Å². The average molecular weight is 315 g/mol. The standard InChI is InChI=1S/C20H29NO2/c1-2-23-12-11-21-10-9-20-8-4-3-5-17(20)19(21)13-15-6-7-16(22)14-18(15)20/h6-7,14,17,19,22H,2-5,8-13H2,1H3/t17-,19+,20+/m0/s1. The van der Waals surface area contributed by atoms with Crippen LogP contribution in [0.3, 0.4) is 0 Å². The maximum absolute atomic E-state index is 10.0. The van der Waals surface area contributed by atoms with E-state index in [1.54, 1.807) is 0 Å². The van der Waals surface area contributed by atoms with Gasteiger partial charge in [-0.1, -0.05) is 18.9 Å². The van der Waals surface area contributed by atoms with Gasteiger partial charge in [0.1, 0.15) is 5.75 Å². The van der Waals surface area contributed by atoms with Crippen LogP contribution in [0.1, 0.15) is 50.2 Å². The minimum atomic E-state index is 0.331. The molecule has 0 radical (unpaired) electrons. The molecule has 1 aromatic carbocycles. The Bertz CT molecular complexity index is 573. The fourth-order valence-corrected chi connectivity index (χ4v) is 5.68. The first-order valence-electron chi connectivity index (χ1n) is 9.39. The van der Waals surface area contributed by atoms with Gasteiger partial charge < -0.3 is 9.84 Å². The van der Waals surface area contributed by atoms with E-state index in [-0.39, 0.29) is 0 Å². The van der Waals surface area contributed by atoms with Gasteiger partial charge in [-0.15, -0.1) is 0 Å². The van der Waals surface area contributed by atoms with E-state index in [0.29, 0.717) is 17.2 Å². The van der Waals surface area contributed by atoms with Gasteiger partial charge in [0.25, 0.3) is 0 Å². The summed E-state index contributed by atoms with van der Waals surface area (Å²) in [6.07, 6.45) is 7.77. The van der Waals surface area contributed by atoms with Crippen LogP contribution in [0.5, 0.6) is 5.75 Å². The molecule has 4 rings (SSSR count). The Labute approximate surface area is 139 Å². The summed E-state index contributed by atoms with van der Waals surface area (Å²) in [6.45, 7) is 6.00. The highest BCUT2D eigenvalue weighted by molar-refractivity contribution is 5.45. The number of hydrogen-bond donors (Lipinski definition) is 1. The summed E-state index contributed by atoms with van der Waals surface area (Å²) < 4.78 is 5.62. The molecule has 1 aromatic rings. The van der Waals surface area contributed by atoms with Crippen molar-refractivity contribution in [1.29, 1.82) is 0 Å². The van der Waals surface area contributed by atoms with Gasteiger partial charge in [-0.3, -0.25) is 4.90 Å². The fourth-order valence-electron chi connectivity index (χ4n) is 5.68. The number of aromatic hydroxyl groups is 1. The first-order valence-corrected chi connectivity index (χ1v) is 9.39. The Morgan fingerprint density at radius 1 is 1.30 bits per heavy atom. The smallest absolute Gasteiger partial charge is 0.115 e. The highest BCUT2D eigenvalue weighted by atomic mass is 16.5.